The van der Waals surface area contributed by atoms with Crippen LogP contribution in [0, 0.1) is 0 Å². The van der Waals surface area contributed by atoms with Gasteiger partial charge < -0.3 is 0 Å². The third kappa shape index (κ3) is 2.54. The maximum absolute atomic E-state index is 3.51. The Bertz CT molecular complexity index is 302. The SMILES string of the molecule is CCN1SN[C@@H](c2ccccc2)C[C@@H]1C. The Hall–Kier alpha value is -0.510. The van der Waals surface area contributed by atoms with Crippen molar-refractivity contribution in [3.8, 4) is 0 Å². The van der Waals surface area contributed by atoms with Crippen LogP contribution in [-0.4, -0.2) is 16.9 Å². The summed E-state index contributed by atoms with van der Waals surface area (Å²) in [6.07, 6.45) is 1.19. The maximum Gasteiger partial charge on any atom is 0.0448 e. The Morgan fingerprint density at radius 1 is 1.40 bits per heavy atom. The fraction of sp³-hybridized carbons (Fsp3) is 0.500. The molecule has 0 saturated carbocycles. The molecule has 1 N–H and O–H groups in total. The van der Waals surface area contributed by atoms with Gasteiger partial charge in [-0.1, -0.05) is 37.3 Å². The van der Waals surface area contributed by atoms with E-state index in [1.54, 1.807) is 12.1 Å². The van der Waals surface area contributed by atoms with Crippen LogP contribution >= 0.6 is 12.1 Å². The van der Waals surface area contributed by atoms with Gasteiger partial charge in [0.05, 0.1) is 0 Å². The third-order valence-corrected chi connectivity index (χ3v) is 4.14. The van der Waals surface area contributed by atoms with E-state index in [0.29, 0.717) is 12.1 Å². The minimum Gasteiger partial charge on any atom is -0.243 e. The fourth-order valence-electron chi connectivity index (χ4n) is 1.99. The normalized spacial score (nSPS) is 27.9. The van der Waals surface area contributed by atoms with E-state index in [4.69, 9.17) is 0 Å². The summed E-state index contributed by atoms with van der Waals surface area (Å²) in [6, 6.07) is 11.8. The van der Waals surface area contributed by atoms with Crippen LogP contribution in [0.15, 0.2) is 30.3 Å². The molecule has 1 heterocycles. The van der Waals surface area contributed by atoms with Crippen molar-refractivity contribution in [2.45, 2.75) is 32.4 Å². The second-order valence-corrected chi connectivity index (χ2v) is 4.88. The van der Waals surface area contributed by atoms with Gasteiger partial charge in [-0.05, 0) is 18.9 Å². The first-order chi connectivity index (χ1) is 7.31. The highest BCUT2D eigenvalue weighted by Gasteiger charge is 2.25. The predicted molar refractivity (Wildman–Crippen MR) is 66.4 cm³/mol. The maximum atomic E-state index is 3.51. The highest BCUT2D eigenvalue weighted by Crippen LogP contribution is 2.30. The molecule has 0 amide bonds. The summed E-state index contributed by atoms with van der Waals surface area (Å²) in [5.74, 6) is 0. The molecule has 15 heavy (non-hydrogen) atoms. The quantitative estimate of drug-likeness (QED) is 0.774. The molecule has 2 rings (SSSR count). The summed E-state index contributed by atoms with van der Waals surface area (Å²) in [6.45, 7) is 5.60. The summed E-state index contributed by atoms with van der Waals surface area (Å²) in [5, 5.41) is 0. The van der Waals surface area contributed by atoms with Crippen LogP contribution in [0.25, 0.3) is 0 Å². The van der Waals surface area contributed by atoms with E-state index in [9.17, 15) is 0 Å². The zero-order valence-electron chi connectivity index (χ0n) is 9.31. The van der Waals surface area contributed by atoms with E-state index < -0.39 is 0 Å². The van der Waals surface area contributed by atoms with E-state index in [1.165, 1.54) is 12.0 Å². The average molecular weight is 222 g/mol. The Balaban J connectivity index is 2.03. The van der Waals surface area contributed by atoms with E-state index in [-0.39, 0.29) is 0 Å². The Morgan fingerprint density at radius 3 is 2.73 bits per heavy atom. The molecule has 0 aromatic heterocycles. The summed E-state index contributed by atoms with van der Waals surface area (Å²) >= 11 is 1.76. The lowest BCUT2D eigenvalue weighted by molar-refractivity contribution is 0.316. The number of nitrogens with zero attached hydrogens (tertiary/aromatic N) is 1. The number of hydrogen-bond donors (Lipinski definition) is 1. The molecule has 1 aliphatic heterocycles. The smallest absolute Gasteiger partial charge is 0.0448 e. The zero-order chi connectivity index (χ0) is 10.7. The highest BCUT2D eigenvalue weighted by molar-refractivity contribution is 7.95. The van der Waals surface area contributed by atoms with Crippen molar-refractivity contribution in [3.63, 3.8) is 0 Å². The van der Waals surface area contributed by atoms with Crippen LogP contribution in [0.4, 0.5) is 0 Å². The van der Waals surface area contributed by atoms with Crippen LogP contribution in [0.1, 0.15) is 31.9 Å². The summed E-state index contributed by atoms with van der Waals surface area (Å²) in [5.41, 5.74) is 1.40. The molecule has 1 aromatic carbocycles. The first-order valence-electron chi connectivity index (χ1n) is 5.55. The molecule has 0 unspecified atom stereocenters. The molecule has 1 aliphatic rings. The van der Waals surface area contributed by atoms with Crippen LogP contribution < -0.4 is 4.72 Å². The van der Waals surface area contributed by atoms with E-state index in [0.717, 1.165) is 6.54 Å². The van der Waals surface area contributed by atoms with Crippen molar-refractivity contribution in [2.75, 3.05) is 6.54 Å². The van der Waals surface area contributed by atoms with Crippen molar-refractivity contribution < 1.29 is 0 Å². The lowest BCUT2D eigenvalue weighted by Gasteiger charge is -2.36. The Kier molecular flexibility index (Phi) is 3.67. The van der Waals surface area contributed by atoms with Crippen LogP contribution in [0.5, 0.6) is 0 Å². The monoisotopic (exact) mass is 222 g/mol. The second kappa shape index (κ2) is 5.01. The first kappa shape index (κ1) is 11.0. The number of hydrogen-bond acceptors (Lipinski definition) is 3. The highest BCUT2D eigenvalue weighted by atomic mass is 32.2. The van der Waals surface area contributed by atoms with Gasteiger partial charge in [0.1, 0.15) is 0 Å². The molecule has 2 nitrogen and oxygen atoms in total. The second-order valence-electron chi connectivity index (χ2n) is 3.99. The van der Waals surface area contributed by atoms with Gasteiger partial charge in [0.2, 0.25) is 0 Å². The average Bonchev–Trinajstić information content (AvgIpc) is 2.30. The molecule has 0 aliphatic carbocycles. The first-order valence-corrected chi connectivity index (χ1v) is 6.32. The number of rotatable bonds is 2. The number of benzene rings is 1. The van der Waals surface area contributed by atoms with Crippen LogP contribution in [0.3, 0.4) is 0 Å². The summed E-state index contributed by atoms with van der Waals surface area (Å²) < 4.78 is 5.90. The van der Waals surface area contributed by atoms with E-state index in [2.05, 4.69) is 53.2 Å². The van der Waals surface area contributed by atoms with E-state index in [1.807, 2.05) is 0 Å². The van der Waals surface area contributed by atoms with Crippen molar-refractivity contribution in [2.24, 2.45) is 0 Å². The van der Waals surface area contributed by atoms with Gasteiger partial charge in [-0.3, -0.25) is 0 Å². The number of nitrogens with one attached hydrogen (secondary N) is 1. The van der Waals surface area contributed by atoms with Crippen molar-refractivity contribution in [1.29, 1.82) is 0 Å². The standard InChI is InChI=1S/C12H18N2S/c1-3-14-10(2)9-12(13-15-14)11-7-5-4-6-8-11/h4-8,10,12-13H,3,9H2,1-2H3/t10-,12+/m0/s1. The van der Waals surface area contributed by atoms with Gasteiger partial charge in [0.15, 0.2) is 0 Å². The molecular weight excluding hydrogens is 204 g/mol. The van der Waals surface area contributed by atoms with Crippen LogP contribution in [-0.2, 0) is 0 Å². The van der Waals surface area contributed by atoms with Crippen LogP contribution in [0.2, 0.25) is 0 Å². The van der Waals surface area contributed by atoms with Gasteiger partial charge in [-0.15, -0.1) is 0 Å². The molecule has 1 saturated heterocycles. The molecule has 2 atom stereocenters. The molecule has 1 fully saturated rings. The lowest BCUT2D eigenvalue weighted by Crippen LogP contribution is -2.39. The van der Waals surface area contributed by atoms with Crippen molar-refractivity contribution in [1.82, 2.24) is 9.03 Å². The molecule has 0 radical (unpaired) electrons. The summed E-state index contributed by atoms with van der Waals surface area (Å²) in [7, 11) is 0. The summed E-state index contributed by atoms with van der Waals surface area (Å²) in [4.78, 5) is 0. The third-order valence-electron chi connectivity index (χ3n) is 2.89. The van der Waals surface area contributed by atoms with Gasteiger partial charge >= 0.3 is 0 Å². The Morgan fingerprint density at radius 2 is 2.13 bits per heavy atom. The molecule has 1 aromatic rings. The topological polar surface area (TPSA) is 15.3 Å². The molecule has 82 valence electrons. The zero-order valence-corrected chi connectivity index (χ0v) is 10.1. The van der Waals surface area contributed by atoms with Crippen molar-refractivity contribution in [3.05, 3.63) is 35.9 Å². The lowest BCUT2D eigenvalue weighted by atomic mass is 10.0. The molecule has 0 spiro atoms. The predicted octanol–water partition coefficient (Wildman–Crippen LogP) is 2.99. The Labute approximate surface area is 96.3 Å². The molecule has 0 bridgehead atoms. The van der Waals surface area contributed by atoms with Gasteiger partial charge in [-0.2, -0.15) is 0 Å². The van der Waals surface area contributed by atoms with Gasteiger partial charge in [0.25, 0.3) is 0 Å². The van der Waals surface area contributed by atoms with Crippen molar-refractivity contribution >= 4 is 12.1 Å². The fourth-order valence-corrected chi connectivity index (χ4v) is 2.88. The minimum atomic E-state index is 0.494. The van der Waals surface area contributed by atoms with Gasteiger partial charge in [-0.25, -0.2) is 9.03 Å². The molecule has 3 heteroatoms. The minimum absolute atomic E-state index is 0.494. The van der Waals surface area contributed by atoms with E-state index >= 15 is 0 Å². The largest absolute Gasteiger partial charge is 0.243 e. The molecular formula is C12H18N2S. The van der Waals surface area contributed by atoms with Gasteiger partial charge in [0, 0.05) is 30.8 Å².